The Bertz CT molecular complexity index is 970. The van der Waals surface area contributed by atoms with Crippen molar-refractivity contribution in [1.82, 2.24) is 9.88 Å². The molecule has 0 bridgehead atoms. The van der Waals surface area contributed by atoms with Crippen molar-refractivity contribution in [2.75, 3.05) is 31.6 Å². The van der Waals surface area contributed by atoms with Gasteiger partial charge in [-0.3, -0.25) is 9.78 Å². The molecule has 1 aliphatic rings. The number of hydrogen-bond donors (Lipinski definition) is 1. The van der Waals surface area contributed by atoms with Crippen LogP contribution in [-0.4, -0.2) is 42.0 Å². The van der Waals surface area contributed by atoms with Gasteiger partial charge in [0.1, 0.15) is 5.75 Å². The average molecular weight is 430 g/mol. The van der Waals surface area contributed by atoms with Gasteiger partial charge in [0.25, 0.3) is 5.91 Å². The van der Waals surface area contributed by atoms with Crippen molar-refractivity contribution in [3.8, 4) is 5.75 Å². The van der Waals surface area contributed by atoms with E-state index < -0.39 is 0 Å². The van der Waals surface area contributed by atoms with E-state index in [1.54, 1.807) is 24.5 Å². The number of pyridine rings is 1. The average Bonchev–Trinajstić information content (AvgIpc) is 2.85. The Labute approximate surface area is 190 Å². The highest BCUT2D eigenvalue weighted by atomic mass is 16.5. The molecule has 0 aliphatic carbocycles. The van der Waals surface area contributed by atoms with Crippen molar-refractivity contribution in [2.45, 2.75) is 25.7 Å². The number of amides is 1. The third kappa shape index (κ3) is 6.41. The molecule has 0 spiro atoms. The van der Waals surface area contributed by atoms with Crippen molar-refractivity contribution in [3.05, 3.63) is 90.3 Å². The quantitative estimate of drug-likeness (QED) is 0.483. The maximum atomic E-state index is 12.4. The molecule has 4 rings (SSSR count). The zero-order valence-corrected chi connectivity index (χ0v) is 18.5. The van der Waals surface area contributed by atoms with Crippen molar-refractivity contribution in [1.29, 1.82) is 0 Å². The van der Waals surface area contributed by atoms with Gasteiger partial charge in [-0.1, -0.05) is 42.5 Å². The van der Waals surface area contributed by atoms with Gasteiger partial charge in [0.05, 0.1) is 17.9 Å². The lowest BCUT2D eigenvalue weighted by Gasteiger charge is -2.32. The number of nitrogens with one attached hydrogen (secondary N) is 1. The SMILES string of the molecule is O=C(Nc1ccccc1OCCCN1CCC(Cc2ccccc2)CC1)c1cccnc1. The fraction of sp³-hybridized carbons (Fsp3) is 0.333. The van der Waals surface area contributed by atoms with Gasteiger partial charge >= 0.3 is 0 Å². The molecule has 1 fully saturated rings. The number of rotatable bonds is 9. The minimum Gasteiger partial charge on any atom is -0.491 e. The number of ether oxygens (including phenoxy) is 1. The summed E-state index contributed by atoms with van der Waals surface area (Å²) >= 11 is 0. The molecule has 0 unspecified atom stereocenters. The summed E-state index contributed by atoms with van der Waals surface area (Å²) in [6.07, 6.45) is 7.90. The van der Waals surface area contributed by atoms with Gasteiger partial charge in [0, 0.05) is 18.9 Å². The largest absolute Gasteiger partial charge is 0.491 e. The highest BCUT2D eigenvalue weighted by Gasteiger charge is 2.19. The summed E-state index contributed by atoms with van der Waals surface area (Å²) in [7, 11) is 0. The van der Waals surface area contributed by atoms with Crippen LogP contribution in [0.4, 0.5) is 5.69 Å². The van der Waals surface area contributed by atoms with Crippen LogP contribution < -0.4 is 10.1 Å². The first kappa shape index (κ1) is 22.0. The standard InChI is InChI=1S/C27H31N3O2/c31-27(24-10-6-15-28-21-24)29-25-11-4-5-12-26(25)32-19-7-16-30-17-13-23(14-18-30)20-22-8-2-1-3-9-22/h1-6,8-12,15,21,23H,7,13-14,16-20H2,(H,29,31). The molecule has 1 saturated heterocycles. The van der Waals surface area contributed by atoms with E-state index in [1.807, 2.05) is 24.3 Å². The second kappa shape index (κ2) is 11.4. The Morgan fingerprint density at radius 3 is 2.56 bits per heavy atom. The lowest BCUT2D eigenvalue weighted by atomic mass is 9.90. The van der Waals surface area contributed by atoms with E-state index in [-0.39, 0.29) is 5.91 Å². The van der Waals surface area contributed by atoms with E-state index in [4.69, 9.17) is 4.74 Å². The molecule has 5 nitrogen and oxygen atoms in total. The van der Waals surface area contributed by atoms with E-state index >= 15 is 0 Å². The number of nitrogens with zero attached hydrogens (tertiary/aromatic N) is 2. The van der Waals surface area contributed by atoms with Crippen LogP contribution in [0.15, 0.2) is 79.1 Å². The Hall–Kier alpha value is -3.18. The number of aromatic nitrogens is 1. The first-order valence-corrected chi connectivity index (χ1v) is 11.5. The van der Waals surface area contributed by atoms with Crippen LogP contribution in [0, 0.1) is 5.92 Å². The molecule has 0 radical (unpaired) electrons. The van der Waals surface area contributed by atoms with E-state index in [0.717, 1.165) is 32.0 Å². The summed E-state index contributed by atoms with van der Waals surface area (Å²) in [6, 6.07) is 21.9. The van der Waals surface area contributed by atoms with Crippen LogP contribution in [0.25, 0.3) is 0 Å². The number of carbonyl (C=O) groups excluding carboxylic acids is 1. The highest BCUT2D eigenvalue weighted by molar-refractivity contribution is 6.04. The Kier molecular flexibility index (Phi) is 7.88. The van der Waals surface area contributed by atoms with E-state index in [9.17, 15) is 4.79 Å². The third-order valence-corrected chi connectivity index (χ3v) is 6.01. The topological polar surface area (TPSA) is 54.5 Å². The number of piperidine rings is 1. The van der Waals surface area contributed by atoms with Gasteiger partial charge in [0.2, 0.25) is 0 Å². The molecule has 0 saturated carbocycles. The third-order valence-electron chi connectivity index (χ3n) is 6.01. The number of hydrogen-bond acceptors (Lipinski definition) is 4. The number of carbonyl (C=O) groups is 1. The molecule has 5 heteroatoms. The van der Waals surface area contributed by atoms with E-state index in [1.165, 1.54) is 24.8 Å². The first-order chi connectivity index (χ1) is 15.8. The summed E-state index contributed by atoms with van der Waals surface area (Å²) < 4.78 is 6.01. The summed E-state index contributed by atoms with van der Waals surface area (Å²) in [5.74, 6) is 1.30. The van der Waals surface area contributed by atoms with Crippen LogP contribution in [0.5, 0.6) is 5.75 Å². The predicted octanol–water partition coefficient (Wildman–Crippen LogP) is 5.06. The summed E-state index contributed by atoms with van der Waals surface area (Å²) in [5, 5.41) is 2.93. The minimum atomic E-state index is -0.187. The number of benzene rings is 2. The molecule has 3 aromatic rings. The number of anilines is 1. The van der Waals surface area contributed by atoms with Crippen LogP contribution in [0.1, 0.15) is 35.2 Å². The van der Waals surface area contributed by atoms with Crippen molar-refractivity contribution in [2.24, 2.45) is 5.92 Å². The second-order valence-electron chi connectivity index (χ2n) is 8.37. The van der Waals surface area contributed by atoms with Gasteiger partial charge in [-0.2, -0.15) is 0 Å². The minimum absolute atomic E-state index is 0.187. The Morgan fingerprint density at radius 1 is 1.00 bits per heavy atom. The van der Waals surface area contributed by atoms with Crippen molar-refractivity contribution < 1.29 is 9.53 Å². The highest BCUT2D eigenvalue weighted by Crippen LogP contribution is 2.25. The summed E-state index contributed by atoms with van der Waals surface area (Å²) in [6.45, 7) is 4.00. The zero-order valence-electron chi connectivity index (χ0n) is 18.5. The maximum Gasteiger partial charge on any atom is 0.257 e. The fourth-order valence-electron chi connectivity index (χ4n) is 4.22. The van der Waals surface area contributed by atoms with Crippen LogP contribution >= 0.6 is 0 Å². The normalized spacial score (nSPS) is 14.8. The van der Waals surface area contributed by atoms with Gasteiger partial charge < -0.3 is 15.0 Å². The lowest BCUT2D eigenvalue weighted by Crippen LogP contribution is -2.35. The van der Waals surface area contributed by atoms with Gasteiger partial charge in [-0.15, -0.1) is 0 Å². The smallest absolute Gasteiger partial charge is 0.257 e. The molecule has 1 amide bonds. The maximum absolute atomic E-state index is 12.4. The van der Waals surface area contributed by atoms with E-state index in [0.29, 0.717) is 23.6 Å². The molecule has 1 N–H and O–H groups in total. The fourth-order valence-corrected chi connectivity index (χ4v) is 4.22. The zero-order chi connectivity index (χ0) is 22.0. The first-order valence-electron chi connectivity index (χ1n) is 11.5. The van der Waals surface area contributed by atoms with Gasteiger partial charge in [-0.05, 0) is 74.5 Å². The van der Waals surface area contributed by atoms with Gasteiger partial charge in [0.15, 0.2) is 0 Å². The lowest BCUT2D eigenvalue weighted by molar-refractivity contribution is 0.102. The summed E-state index contributed by atoms with van der Waals surface area (Å²) in [5.41, 5.74) is 2.66. The Balaban J connectivity index is 1.18. The molecular formula is C27H31N3O2. The molecule has 32 heavy (non-hydrogen) atoms. The van der Waals surface area contributed by atoms with E-state index in [2.05, 4.69) is 45.5 Å². The number of likely N-dealkylation sites (tertiary alicyclic amines) is 1. The van der Waals surface area contributed by atoms with Crippen LogP contribution in [-0.2, 0) is 6.42 Å². The van der Waals surface area contributed by atoms with Crippen molar-refractivity contribution in [3.63, 3.8) is 0 Å². The Morgan fingerprint density at radius 2 is 1.78 bits per heavy atom. The summed E-state index contributed by atoms with van der Waals surface area (Å²) in [4.78, 5) is 19.0. The molecule has 1 aromatic heterocycles. The predicted molar refractivity (Wildman–Crippen MR) is 128 cm³/mol. The van der Waals surface area contributed by atoms with Crippen LogP contribution in [0.2, 0.25) is 0 Å². The molecule has 2 aromatic carbocycles. The monoisotopic (exact) mass is 429 g/mol. The molecule has 0 atom stereocenters. The second-order valence-corrected chi connectivity index (χ2v) is 8.37. The number of para-hydroxylation sites is 2. The molecular weight excluding hydrogens is 398 g/mol. The van der Waals surface area contributed by atoms with Crippen molar-refractivity contribution >= 4 is 11.6 Å². The van der Waals surface area contributed by atoms with Gasteiger partial charge in [-0.25, -0.2) is 0 Å². The molecule has 1 aliphatic heterocycles. The molecule has 166 valence electrons. The van der Waals surface area contributed by atoms with Crippen LogP contribution in [0.3, 0.4) is 0 Å². The molecule has 2 heterocycles.